The molecule has 0 saturated carbocycles. The molecule has 1 aromatic carbocycles. The van der Waals surface area contributed by atoms with Gasteiger partial charge in [0.1, 0.15) is 5.70 Å². The fourth-order valence-corrected chi connectivity index (χ4v) is 2.12. The largest absolute Gasteiger partial charge is 0.481 e. The van der Waals surface area contributed by atoms with Crippen LogP contribution >= 0.6 is 15.9 Å². The maximum absolute atomic E-state index is 12.3. The lowest BCUT2D eigenvalue weighted by atomic mass is 10.2. The van der Waals surface area contributed by atoms with Crippen molar-refractivity contribution in [2.45, 2.75) is 6.42 Å². The number of halogens is 1. The van der Waals surface area contributed by atoms with Crippen LogP contribution in [0.5, 0.6) is 0 Å². The summed E-state index contributed by atoms with van der Waals surface area (Å²) in [4.78, 5) is 34.9. The zero-order chi connectivity index (χ0) is 18.2. The molecule has 2 rings (SSSR count). The van der Waals surface area contributed by atoms with E-state index in [2.05, 4.69) is 26.6 Å². The van der Waals surface area contributed by atoms with Crippen LogP contribution in [-0.4, -0.2) is 29.4 Å². The summed E-state index contributed by atoms with van der Waals surface area (Å²) in [5.41, 5.74) is 0.667. The van der Waals surface area contributed by atoms with Crippen molar-refractivity contribution >= 4 is 39.8 Å². The molecule has 0 aliphatic heterocycles. The van der Waals surface area contributed by atoms with Crippen LogP contribution in [0.1, 0.15) is 22.5 Å². The number of carbonyl (C=O) groups excluding carboxylic acids is 2. The van der Waals surface area contributed by atoms with Gasteiger partial charge in [-0.05, 0) is 35.9 Å². The van der Waals surface area contributed by atoms with Gasteiger partial charge >= 0.3 is 5.97 Å². The Morgan fingerprint density at radius 2 is 1.88 bits per heavy atom. The minimum Gasteiger partial charge on any atom is -0.481 e. The molecule has 2 amide bonds. The van der Waals surface area contributed by atoms with Crippen LogP contribution in [0.2, 0.25) is 0 Å². The second-order valence-corrected chi connectivity index (χ2v) is 5.86. The van der Waals surface area contributed by atoms with Crippen molar-refractivity contribution in [2.24, 2.45) is 0 Å². The van der Waals surface area contributed by atoms with Crippen molar-refractivity contribution in [1.29, 1.82) is 0 Å². The second kappa shape index (κ2) is 8.84. The van der Waals surface area contributed by atoms with Gasteiger partial charge in [-0.25, -0.2) is 0 Å². The van der Waals surface area contributed by atoms with E-state index in [0.717, 1.165) is 4.47 Å². The normalized spacial score (nSPS) is 11.0. The van der Waals surface area contributed by atoms with Gasteiger partial charge in [-0.3, -0.25) is 14.4 Å². The van der Waals surface area contributed by atoms with Gasteiger partial charge in [0.25, 0.3) is 11.8 Å². The Labute approximate surface area is 151 Å². The van der Waals surface area contributed by atoms with Crippen LogP contribution in [0.25, 0.3) is 6.08 Å². The number of nitrogens with one attached hydrogen (secondary N) is 2. The number of aliphatic carboxylic acids is 1. The summed E-state index contributed by atoms with van der Waals surface area (Å²) >= 11 is 3.32. The average Bonchev–Trinajstić information content (AvgIpc) is 3.10. The number of furan rings is 1. The summed E-state index contributed by atoms with van der Waals surface area (Å²) in [5.74, 6) is -2.15. The van der Waals surface area contributed by atoms with E-state index in [1.54, 1.807) is 30.3 Å². The molecule has 1 aromatic heterocycles. The molecule has 0 aliphatic carbocycles. The van der Waals surface area contributed by atoms with E-state index in [0.29, 0.717) is 5.56 Å². The highest BCUT2D eigenvalue weighted by Crippen LogP contribution is 2.13. The van der Waals surface area contributed by atoms with E-state index in [-0.39, 0.29) is 24.4 Å². The van der Waals surface area contributed by atoms with Crippen LogP contribution in [0.3, 0.4) is 0 Å². The minimum atomic E-state index is -1.03. The molecule has 3 N–H and O–H groups in total. The predicted octanol–water partition coefficient (Wildman–Crippen LogP) is 2.40. The van der Waals surface area contributed by atoms with Crippen molar-refractivity contribution in [3.05, 3.63) is 64.2 Å². The summed E-state index contributed by atoms with van der Waals surface area (Å²) in [6.07, 6.45) is 2.62. The summed E-state index contributed by atoms with van der Waals surface area (Å²) in [6, 6.07) is 10.1. The fraction of sp³-hybridized carbons (Fsp3) is 0.118. The zero-order valence-corrected chi connectivity index (χ0v) is 14.6. The summed E-state index contributed by atoms with van der Waals surface area (Å²) in [6.45, 7) is -0.0531. The second-order valence-electron chi connectivity index (χ2n) is 4.94. The molecule has 7 nitrogen and oxygen atoms in total. The van der Waals surface area contributed by atoms with Crippen molar-refractivity contribution in [1.82, 2.24) is 10.6 Å². The third-order valence-electron chi connectivity index (χ3n) is 3.04. The van der Waals surface area contributed by atoms with Gasteiger partial charge in [0.15, 0.2) is 5.76 Å². The molecule has 0 radical (unpaired) electrons. The molecule has 130 valence electrons. The summed E-state index contributed by atoms with van der Waals surface area (Å²) < 4.78 is 5.87. The molecular weight excluding hydrogens is 392 g/mol. The topological polar surface area (TPSA) is 109 Å². The highest BCUT2D eigenvalue weighted by atomic mass is 79.9. The predicted molar refractivity (Wildman–Crippen MR) is 93.6 cm³/mol. The van der Waals surface area contributed by atoms with Crippen molar-refractivity contribution in [3.63, 3.8) is 0 Å². The highest BCUT2D eigenvalue weighted by Gasteiger charge is 2.16. The zero-order valence-electron chi connectivity index (χ0n) is 13.0. The van der Waals surface area contributed by atoms with Gasteiger partial charge in [0.2, 0.25) is 0 Å². The Morgan fingerprint density at radius 1 is 1.16 bits per heavy atom. The van der Waals surface area contributed by atoms with Crippen LogP contribution in [0, 0.1) is 0 Å². The molecule has 0 fully saturated rings. The van der Waals surface area contributed by atoms with Gasteiger partial charge in [0, 0.05) is 11.0 Å². The lowest BCUT2D eigenvalue weighted by molar-refractivity contribution is -0.136. The van der Waals surface area contributed by atoms with E-state index in [1.807, 2.05) is 0 Å². The first-order valence-electron chi connectivity index (χ1n) is 7.28. The first kappa shape index (κ1) is 18.5. The van der Waals surface area contributed by atoms with E-state index in [4.69, 9.17) is 9.52 Å². The van der Waals surface area contributed by atoms with Crippen LogP contribution in [0.15, 0.2) is 57.2 Å². The van der Waals surface area contributed by atoms with E-state index in [1.165, 1.54) is 18.4 Å². The molecule has 0 bridgehead atoms. The smallest absolute Gasteiger partial charge is 0.305 e. The van der Waals surface area contributed by atoms with E-state index < -0.39 is 17.8 Å². The quantitative estimate of drug-likeness (QED) is 0.611. The Bertz CT molecular complexity index is 782. The van der Waals surface area contributed by atoms with Gasteiger partial charge in [-0.1, -0.05) is 28.1 Å². The monoisotopic (exact) mass is 406 g/mol. The number of carboxylic acid groups (broad SMARTS) is 1. The van der Waals surface area contributed by atoms with Gasteiger partial charge in [-0.2, -0.15) is 0 Å². The number of benzene rings is 1. The van der Waals surface area contributed by atoms with Gasteiger partial charge in [-0.15, -0.1) is 0 Å². The Balaban J connectivity index is 2.17. The number of hydrogen-bond donors (Lipinski definition) is 3. The molecule has 0 saturated heterocycles. The minimum absolute atomic E-state index is 0.0193. The van der Waals surface area contributed by atoms with Gasteiger partial charge in [0.05, 0.1) is 12.7 Å². The molecule has 0 unspecified atom stereocenters. The number of carbonyl (C=O) groups is 3. The molecule has 0 aliphatic rings. The lowest BCUT2D eigenvalue weighted by Gasteiger charge is -2.10. The Kier molecular flexibility index (Phi) is 6.53. The molecule has 0 atom stereocenters. The van der Waals surface area contributed by atoms with E-state index >= 15 is 0 Å². The van der Waals surface area contributed by atoms with Crippen LogP contribution in [0.4, 0.5) is 0 Å². The fourth-order valence-electron chi connectivity index (χ4n) is 1.85. The average molecular weight is 407 g/mol. The molecule has 8 heteroatoms. The molecular formula is C17H15BrN2O5. The number of carboxylic acids is 1. The molecule has 1 heterocycles. The number of rotatable bonds is 7. The maximum Gasteiger partial charge on any atom is 0.305 e. The van der Waals surface area contributed by atoms with Crippen LogP contribution < -0.4 is 10.6 Å². The number of amides is 2. The first-order chi connectivity index (χ1) is 12.0. The molecule has 25 heavy (non-hydrogen) atoms. The summed E-state index contributed by atoms with van der Waals surface area (Å²) in [5, 5.41) is 13.6. The summed E-state index contributed by atoms with van der Waals surface area (Å²) in [7, 11) is 0. The maximum atomic E-state index is 12.3. The Hall–Kier alpha value is -2.87. The third kappa shape index (κ3) is 5.92. The highest BCUT2D eigenvalue weighted by molar-refractivity contribution is 9.10. The van der Waals surface area contributed by atoms with Crippen molar-refractivity contribution < 1.29 is 23.9 Å². The standard InChI is InChI=1S/C17H15BrN2O5/c18-12-5-3-11(4-6-12)10-13(16(23)19-8-7-15(21)22)20-17(24)14-2-1-9-25-14/h1-6,9-10H,7-8H2,(H,19,23)(H,20,24)(H,21,22). The first-order valence-corrected chi connectivity index (χ1v) is 8.07. The van der Waals surface area contributed by atoms with Crippen molar-refractivity contribution in [3.8, 4) is 0 Å². The molecule has 2 aromatic rings. The third-order valence-corrected chi connectivity index (χ3v) is 3.57. The molecule has 0 spiro atoms. The SMILES string of the molecule is O=C(O)CCNC(=O)C(=Cc1ccc(Br)cc1)NC(=O)c1ccco1. The van der Waals surface area contributed by atoms with Gasteiger partial charge < -0.3 is 20.2 Å². The Morgan fingerprint density at radius 3 is 2.48 bits per heavy atom. The van der Waals surface area contributed by atoms with Crippen LogP contribution in [-0.2, 0) is 9.59 Å². The van der Waals surface area contributed by atoms with Crippen molar-refractivity contribution in [2.75, 3.05) is 6.54 Å². The number of hydrogen-bond acceptors (Lipinski definition) is 4. The lowest BCUT2D eigenvalue weighted by Crippen LogP contribution is -2.35. The van der Waals surface area contributed by atoms with E-state index in [9.17, 15) is 14.4 Å².